The maximum atomic E-state index is 3.19. The molecule has 0 saturated heterocycles. The molecule has 0 aliphatic rings. The maximum absolute atomic E-state index is 3.19. The van der Waals surface area contributed by atoms with Crippen LogP contribution >= 0.6 is 11.8 Å². The van der Waals surface area contributed by atoms with E-state index in [4.69, 9.17) is 0 Å². The lowest BCUT2D eigenvalue weighted by atomic mass is 10.3. The van der Waals surface area contributed by atoms with Gasteiger partial charge >= 0.3 is 0 Å². The lowest BCUT2D eigenvalue weighted by Crippen LogP contribution is -2.21. The largest absolute Gasteiger partial charge is 0.317 e. The minimum Gasteiger partial charge on any atom is -0.317 e. The summed E-state index contributed by atoms with van der Waals surface area (Å²) in [7, 11) is 2.00. The molecule has 1 N–H and O–H groups in total. The molecule has 0 fully saturated rings. The second-order valence-electron chi connectivity index (χ2n) is 1.97. The van der Waals surface area contributed by atoms with Crippen LogP contribution in [0.1, 0.15) is 27.2 Å². The van der Waals surface area contributed by atoms with Crippen molar-refractivity contribution in [2.45, 2.75) is 33.2 Å². The van der Waals surface area contributed by atoms with E-state index in [2.05, 4.69) is 18.5 Å². The molecule has 64 valence electrons. The van der Waals surface area contributed by atoms with Gasteiger partial charge in [-0.05, 0) is 32.4 Å². The SMILES string of the molecule is CC.CNC(C)CCSC. The Bertz CT molecular complexity index is 48.5. The molecular weight excluding hydrogens is 142 g/mol. The van der Waals surface area contributed by atoms with Crippen molar-refractivity contribution in [1.29, 1.82) is 0 Å². The number of rotatable bonds is 4. The molecule has 1 atom stereocenters. The van der Waals surface area contributed by atoms with Crippen molar-refractivity contribution in [3.63, 3.8) is 0 Å². The van der Waals surface area contributed by atoms with Crippen LogP contribution in [0.4, 0.5) is 0 Å². The molecule has 1 nitrogen and oxygen atoms in total. The number of nitrogens with one attached hydrogen (secondary N) is 1. The lowest BCUT2D eigenvalue weighted by molar-refractivity contribution is 0.598. The quantitative estimate of drug-likeness (QED) is 0.683. The zero-order valence-corrected chi connectivity index (χ0v) is 8.72. The monoisotopic (exact) mass is 163 g/mol. The van der Waals surface area contributed by atoms with E-state index in [0.29, 0.717) is 6.04 Å². The first-order valence-corrected chi connectivity index (χ1v) is 5.37. The molecule has 0 rings (SSSR count). The maximum Gasteiger partial charge on any atom is 0.00435 e. The van der Waals surface area contributed by atoms with Gasteiger partial charge in [-0.3, -0.25) is 0 Å². The normalized spacial score (nSPS) is 11.7. The van der Waals surface area contributed by atoms with Crippen LogP contribution in [-0.2, 0) is 0 Å². The van der Waals surface area contributed by atoms with Gasteiger partial charge in [-0.25, -0.2) is 0 Å². The molecule has 0 spiro atoms. The van der Waals surface area contributed by atoms with Gasteiger partial charge in [0.05, 0.1) is 0 Å². The fraction of sp³-hybridized carbons (Fsp3) is 1.00. The first kappa shape index (κ1) is 12.9. The van der Waals surface area contributed by atoms with Gasteiger partial charge in [-0.15, -0.1) is 0 Å². The van der Waals surface area contributed by atoms with Crippen molar-refractivity contribution >= 4 is 11.8 Å². The second-order valence-corrected chi connectivity index (χ2v) is 2.96. The Morgan fingerprint density at radius 3 is 2.20 bits per heavy atom. The minimum absolute atomic E-state index is 0.683. The Labute approximate surface area is 70.0 Å². The van der Waals surface area contributed by atoms with E-state index in [9.17, 15) is 0 Å². The summed E-state index contributed by atoms with van der Waals surface area (Å²) in [6.07, 6.45) is 3.42. The second kappa shape index (κ2) is 12.0. The summed E-state index contributed by atoms with van der Waals surface area (Å²) in [5.41, 5.74) is 0. The Morgan fingerprint density at radius 1 is 1.40 bits per heavy atom. The van der Waals surface area contributed by atoms with Crippen LogP contribution in [0.15, 0.2) is 0 Å². The summed E-state index contributed by atoms with van der Waals surface area (Å²) in [5.74, 6) is 1.27. The topological polar surface area (TPSA) is 12.0 Å². The van der Waals surface area contributed by atoms with E-state index in [1.54, 1.807) is 0 Å². The number of hydrogen-bond acceptors (Lipinski definition) is 2. The van der Waals surface area contributed by atoms with Gasteiger partial charge in [0, 0.05) is 6.04 Å². The van der Waals surface area contributed by atoms with Crippen LogP contribution in [0.2, 0.25) is 0 Å². The molecule has 0 aromatic rings. The predicted octanol–water partition coefficient (Wildman–Crippen LogP) is 2.37. The van der Waals surface area contributed by atoms with Gasteiger partial charge in [-0.1, -0.05) is 13.8 Å². The van der Waals surface area contributed by atoms with E-state index in [1.807, 2.05) is 32.7 Å². The molecule has 2 heteroatoms. The van der Waals surface area contributed by atoms with Gasteiger partial charge in [0.1, 0.15) is 0 Å². The van der Waals surface area contributed by atoms with Gasteiger partial charge in [-0.2, -0.15) is 11.8 Å². The minimum atomic E-state index is 0.683. The van der Waals surface area contributed by atoms with E-state index < -0.39 is 0 Å². The Morgan fingerprint density at radius 2 is 1.90 bits per heavy atom. The molecule has 0 aliphatic carbocycles. The third kappa shape index (κ3) is 11.2. The van der Waals surface area contributed by atoms with Crippen molar-refractivity contribution in [2.24, 2.45) is 0 Å². The van der Waals surface area contributed by atoms with Crippen molar-refractivity contribution < 1.29 is 0 Å². The van der Waals surface area contributed by atoms with Gasteiger partial charge in [0.15, 0.2) is 0 Å². The first-order valence-electron chi connectivity index (χ1n) is 3.97. The van der Waals surface area contributed by atoms with Crippen molar-refractivity contribution in [2.75, 3.05) is 19.1 Å². The first-order chi connectivity index (χ1) is 4.81. The van der Waals surface area contributed by atoms with E-state index in [0.717, 1.165) is 0 Å². The van der Waals surface area contributed by atoms with Crippen LogP contribution in [0, 0.1) is 0 Å². The van der Waals surface area contributed by atoms with Crippen LogP contribution < -0.4 is 5.32 Å². The molecule has 0 radical (unpaired) electrons. The van der Waals surface area contributed by atoms with Crippen LogP contribution in [-0.4, -0.2) is 25.1 Å². The molecule has 0 aliphatic heterocycles. The summed E-state index contributed by atoms with van der Waals surface area (Å²) >= 11 is 1.91. The molecule has 10 heavy (non-hydrogen) atoms. The van der Waals surface area contributed by atoms with Gasteiger partial charge in [0.2, 0.25) is 0 Å². The number of hydrogen-bond donors (Lipinski definition) is 1. The molecular formula is C8H21NS. The molecule has 0 aromatic carbocycles. The Hall–Kier alpha value is 0.310. The van der Waals surface area contributed by atoms with Gasteiger partial charge < -0.3 is 5.32 Å². The zero-order valence-electron chi connectivity index (χ0n) is 7.90. The number of thioether (sulfide) groups is 1. The molecule has 0 saturated carbocycles. The molecule has 1 unspecified atom stereocenters. The summed E-state index contributed by atoms with van der Waals surface area (Å²) in [6, 6.07) is 0.683. The smallest absolute Gasteiger partial charge is 0.00435 e. The third-order valence-corrected chi connectivity index (χ3v) is 1.89. The average molecular weight is 163 g/mol. The average Bonchev–Trinajstić information content (AvgIpc) is 2.04. The molecule has 0 amide bonds. The van der Waals surface area contributed by atoms with Crippen LogP contribution in [0.3, 0.4) is 0 Å². The standard InChI is InChI=1S/C6H15NS.C2H6/c1-6(7-2)4-5-8-3;1-2/h6-7H,4-5H2,1-3H3;1-2H3. The lowest BCUT2D eigenvalue weighted by Gasteiger charge is -2.06. The molecule has 0 heterocycles. The third-order valence-electron chi connectivity index (χ3n) is 1.25. The highest BCUT2D eigenvalue weighted by atomic mass is 32.2. The van der Waals surface area contributed by atoms with Crippen molar-refractivity contribution in [3.05, 3.63) is 0 Å². The summed E-state index contributed by atoms with van der Waals surface area (Å²) in [5, 5.41) is 3.19. The van der Waals surface area contributed by atoms with Crippen molar-refractivity contribution in [3.8, 4) is 0 Å². The van der Waals surface area contributed by atoms with Crippen LogP contribution in [0.25, 0.3) is 0 Å². The summed E-state index contributed by atoms with van der Waals surface area (Å²) in [4.78, 5) is 0. The molecule has 0 aromatic heterocycles. The Balaban J connectivity index is 0. The van der Waals surface area contributed by atoms with Crippen LogP contribution in [0.5, 0.6) is 0 Å². The fourth-order valence-electron chi connectivity index (χ4n) is 0.439. The highest BCUT2D eigenvalue weighted by Crippen LogP contribution is 1.98. The van der Waals surface area contributed by atoms with E-state index >= 15 is 0 Å². The van der Waals surface area contributed by atoms with Crippen molar-refractivity contribution in [1.82, 2.24) is 5.32 Å². The van der Waals surface area contributed by atoms with E-state index in [-0.39, 0.29) is 0 Å². The summed E-state index contributed by atoms with van der Waals surface area (Å²) in [6.45, 7) is 6.20. The Kier molecular flexibility index (Phi) is 15.6. The highest BCUT2D eigenvalue weighted by Gasteiger charge is 1.93. The summed E-state index contributed by atoms with van der Waals surface area (Å²) < 4.78 is 0. The van der Waals surface area contributed by atoms with E-state index in [1.165, 1.54) is 12.2 Å². The zero-order chi connectivity index (χ0) is 8.41. The highest BCUT2D eigenvalue weighted by molar-refractivity contribution is 7.98. The predicted molar refractivity (Wildman–Crippen MR) is 52.9 cm³/mol. The fourth-order valence-corrected chi connectivity index (χ4v) is 1.03. The molecule has 0 bridgehead atoms. The van der Waals surface area contributed by atoms with Gasteiger partial charge in [0.25, 0.3) is 0 Å².